The van der Waals surface area contributed by atoms with Gasteiger partial charge < -0.3 is 4.57 Å². The van der Waals surface area contributed by atoms with Gasteiger partial charge in [-0.2, -0.15) is 5.26 Å². The Bertz CT molecular complexity index is 480. The molecular formula is C11H7BrN2. The van der Waals surface area contributed by atoms with E-state index in [4.69, 9.17) is 5.26 Å². The van der Waals surface area contributed by atoms with Crippen LogP contribution in [0.5, 0.6) is 0 Å². The Labute approximate surface area is 90.5 Å². The van der Waals surface area contributed by atoms with E-state index in [2.05, 4.69) is 22.0 Å². The Balaban J connectivity index is 2.52. The van der Waals surface area contributed by atoms with Gasteiger partial charge in [-0.25, -0.2) is 0 Å². The molecule has 14 heavy (non-hydrogen) atoms. The van der Waals surface area contributed by atoms with Gasteiger partial charge in [0, 0.05) is 16.9 Å². The molecule has 0 saturated heterocycles. The quantitative estimate of drug-likeness (QED) is 0.761. The van der Waals surface area contributed by atoms with E-state index in [0.29, 0.717) is 5.56 Å². The third kappa shape index (κ3) is 1.57. The fourth-order valence-corrected chi connectivity index (χ4v) is 1.86. The van der Waals surface area contributed by atoms with Crippen molar-refractivity contribution in [3.8, 4) is 11.8 Å². The zero-order chi connectivity index (χ0) is 9.97. The highest BCUT2D eigenvalue weighted by molar-refractivity contribution is 9.10. The molecular weight excluding hydrogens is 240 g/mol. The molecule has 1 heterocycles. The van der Waals surface area contributed by atoms with Crippen molar-refractivity contribution in [2.75, 3.05) is 0 Å². The third-order valence-electron chi connectivity index (χ3n) is 1.96. The van der Waals surface area contributed by atoms with E-state index in [1.807, 2.05) is 41.2 Å². The summed E-state index contributed by atoms with van der Waals surface area (Å²) in [4.78, 5) is 0. The second kappa shape index (κ2) is 3.69. The van der Waals surface area contributed by atoms with Crippen LogP contribution in [0.1, 0.15) is 5.56 Å². The highest BCUT2D eigenvalue weighted by Gasteiger charge is 2.01. The molecule has 2 rings (SSSR count). The van der Waals surface area contributed by atoms with Gasteiger partial charge in [-0.1, -0.05) is 0 Å². The van der Waals surface area contributed by atoms with Crippen LogP contribution in [0.4, 0.5) is 0 Å². The largest absolute Gasteiger partial charge is 0.323 e. The first-order valence-electron chi connectivity index (χ1n) is 4.14. The molecule has 68 valence electrons. The van der Waals surface area contributed by atoms with Gasteiger partial charge >= 0.3 is 0 Å². The maximum absolute atomic E-state index is 8.71. The predicted octanol–water partition coefficient (Wildman–Crippen LogP) is 3.11. The van der Waals surface area contributed by atoms with Crippen LogP contribution in [-0.4, -0.2) is 4.57 Å². The summed E-state index contributed by atoms with van der Waals surface area (Å²) in [5.74, 6) is 0. The molecule has 0 saturated carbocycles. The van der Waals surface area contributed by atoms with Gasteiger partial charge in [0.15, 0.2) is 0 Å². The minimum Gasteiger partial charge on any atom is -0.323 e. The van der Waals surface area contributed by atoms with Crippen molar-refractivity contribution in [1.29, 1.82) is 5.26 Å². The smallest absolute Gasteiger partial charge is 0.0992 e. The Morgan fingerprint density at radius 3 is 2.50 bits per heavy atom. The molecule has 0 amide bonds. The molecule has 1 aromatic heterocycles. The van der Waals surface area contributed by atoms with Crippen molar-refractivity contribution in [3.63, 3.8) is 0 Å². The molecule has 1 aromatic carbocycles. The van der Waals surface area contributed by atoms with E-state index in [9.17, 15) is 0 Å². The first-order chi connectivity index (χ1) is 6.81. The molecule has 0 spiro atoms. The van der Waals surface area contributed by atoms with Gasteiger partial charge in [0.1, 0.15) is 0 Å². The number of halogens is 1. The molecule has 0 unspecified atom stereocenters. The monoisotopic (exact) mass is 246 g/mol. The molecule has 2 nitrogen and oxygen atoms in total. The summed E-state index contributed by atoms with van der Waals surface area (Å²) in [6.45, 7) is 0. The topological polar surface area (TPSA) is 28.7 Å². The highest BCUT2D eigenvalue weighted by Crippen LogP contribution is 2.22. The second-order valence-electron chi connectivity index (χ2n) is 2.87. The van der Waals surface area contributed by atoms with E-state index in [1.165, 1.54) is 0 Å². The fourth-order valence-electron chi connectivity index (χ4n) is 1.28. The molecule has 0 aliphatic rings. The van der Waals surface area contributed by atoms with E-state index < -0.39 is 0 Å². The van der Waals surface area contributed by atoms with Gasteiger partial charge in [0.05, 0.1) is 17.3 Å². The number of aromatic nitrogens is 1. The van der Waals surface area contributed by atoms with Gasteiger partial charge in [-0.15, -0.1) is 0 Å². The van der Waals surface area contributed by atoms with Crippen molar-refractivity contribution in [2.24, 2.45) is 0 Å². The summed E-state index contributed by atoms with van der Waals surface area (Å²) >= 11 is 3.44. The third-order valence-corrected chi connectivity index (χ3v) is 2.59. The average molecular weight is 247 g/mol. The van der Waals surface area contributed by atoms with Crippen molar-refractivity contribution in [2.45, 2.75) is 0 Å². The molecule has 0 bridgehead atoms. The van der Waals surface area contributed by atoms with Gasteiger partial charge in [-0.05, 0) is 46.3 Å². The summed E-state index contributed by atoms with van der Waals surface area (Å²) in [5, 5.41) is 8.71. The zero-order valence-electron chi connectivity index (χ0n) is 7.31. The first-order valence-corrected chi connectivity index (χ1v) is 4.93. The average Bonchev–Trinajstić information content (AvgIpc) is 2.70. The lowest BCUT2D eigenvalue weighted by atomic mass is 10.2. The minimum atomic E-state index is 0.660. The number of nitrogens with zero attached hydrogens (tertiary/aromatic N) is 2. The van der Waals surface area contributed by atoms with Crippen molar-refractivity contribution in [1.82, 2.24) is 4.57 Å². The molecule has 0 aliphatic carbocycles. The molecule has 0 radical (unpaired) electrons. The molecule has 2 aromatic rings. The van der Waals surface area contributed by atoms with Crippen LogP contribution in [0, 0.1) is 11.3 Å². The number of nitriles is 1. The molecule has 0 fully saturated rings. The normalized spacial score (nSPS) is 9.71. The molecule has 0 N–H and O–H groups in total. The lowest BCUT2D eigenvalue weighted by Crippen LogP contribution is -1.91. The van der Waals surface area contributed by atoms with E-state index in [-0.39, 0.29) is 0 Å². The fraction of sp³-hybridized carbons (Fsp3) is 0. The lowest BCUT2D eigenvalue weighted by molar-refractivity contribution is 1.07. The van der Waals surface area contributed by atoms with Crippen molar-refractivity contribution < 1.29 is 0 Å². The SMILES string of the molecule is N#Cc1ccc(-n2cccc2)c(Br)c1. The summed E-state index contributed by atoms with van der Waals surface area (Å²) < 4.78 is 2.92. The lowest BCUT2D eigenvalue weighted by Gasteiger charge is -2.05. The minimum absolute atomic E-state index is 0.660. The predicted molar refractivity (Wildman–Crippen MR) is 58.2 cm³/mol. The van der Waals surface area contributed by atoms with Crippen LogP contribution in [0.3, 0.4) is 0 Å². The number of hydrogen-bond acceptors (Lipinski definition) is 1. The Morgan fingerprint density at radius 2 is 1.93 bits per heavy atom. The van der Waals surface area contributed by atoms with Crippen molar-refractivity contribution >= 4 is 15.9 Å². The van der Waals surface area contributed by atoms with Crippen LogP contribution in [0.25, 0.3) is 5.69 Å². The summed E-state index contributed by atoms with van der Waals surface area (Å²) in [7, 11) is 0. The molecule has 0 atom stereocenters. The summed E-state index contributed by atoms with van der Waals surface area (Å²) in [6.07, 6.45) is 3.93. The van der Waals surface area contributed by atoms with Crippen LogP contribution >= 0.6 is 15.9 Å². The first kappa shape index (κ1) is 9.04. The summed E-state index contributed by atoms with van der Waals surface area (Å²) in [6, 6.07) is 11.6. The number of hydrogen-bond donors (Lipinski definition) is 0. The van der Waals surface area contributed by atoms with E-state index in [1.54, 1.807) is 6.07 Å². The number of benzene rings is 1. The van der Waals surface area contributed by atoms with Crippen LogP contribution in [0.15, 0.2) is 47.2 Å². The van der Waals surface area contributed by atoms with Gasteiger partial charge in [0.2, 0.25) is 0 Å². The van der Waals surface area contributed by atoms with Crippen molar-refractivity contribution in [3.05, 3.63) is 52.8 Å². The Hall–Kier alpha value is -1.53. The Morgan fingerprint density at radius 1 is 1.21 bits per heavy atom. The Kier molecular flexibility index (Phi) is 2.38. The molecule has 3 heteroatoms. The van der Waals surface area contributed by atoms with Crippen LogP contribution in [-0.2, 0) is 0 Å². The van der Waals surface area contributed by atoms with Crippen LogP contribution in [0.2, 0.25) is 0 Å². The van der Waals surface area contributed by atoms with Crippen LogP contribution < -0.4 is 0 Å². The molecule has 0 aliphatic heterocycles. The maximum Gasteiger partial charge on any atom is 0.0992 e. The standard InChI is InChI=1S/C11H7BrN2/c12-10-7-9(8-13)3-4-11(10)14-5-1-2-6-14/h1-7H. The highest BCUT2D eigenvalue weighted by atomic mass is 79.9. The van der Waals surface area contributed by atoms with Gasteiger partial charge in [-0.3, -0.25) is 0 Å². The summed E-state index contributed by atoms with van der Waals surface area (Å²) in [5.41, 5.74) is 1.70. The van der Waals surface area contributed by atoms with Gasteiger partial charge in [0.25, 0.3) is 0 Å². The van der Waals surface area contributed by atoms with E-state index in [0.717, 1.165) is 10.2 Å². The van der Waals surface area contributed by atoms with E-state index >= 15 is 0 Å². The second-order valence-corrected chi connectivity index (χ2v) is 3.72. The zero-order valence-corrected chi connectivity index (χ0v) is 8.90. The number of rotatable bonds is 1. The maximum atomic E-state index is 8.71.